The summed E-state index contributed by atoms with van der Waals surface area (Å²) in [7, 11) is 3.43. The first-order valence-electron chi connectivity index (χ1n) is 6.15. The first-order chi connectivity index (χ1) is 8.70. The van der Waals surface area contributed by atoms with Crippen molar-refractivity contribution in [1.82, 2.24) is 0 Å². The van der Waals surface area contributed by atoms with Crippen LogP contribution in [0.5, 0.6) is 0 Å². The summed E-state index contributed by atoms with van der Waals surface area (Å²) in [5, 5.41) is 8.81. The van der Waals surface area contributed by atoms with Crippen LogP contribution in [0.25, 0.3) is 0 Å². The Balaban J connectivity index is 2.77. The van der Waals surface area contributed by atoms with Gasteiger partial charge in [-0.15, -0.1) is 0 Å². The number of hydrogen-bond acceptors (Lipinski definition) is 3. The Morgan fingerprint density at radius 2 is 2.11 bits per heavy atom. The smallest absolute Gasteiger partial charge is 0.229 e. The van der Waals surface area contributed by atoms with Gasteiger partial charge in [0.1, 0.15) is 0 Å². The van der Waals surface area contributed by atoms with Crippen molar-refractivity contribution in [3.8, 4) is 0 Å². The molecule has 0 aromatic heterocycles. The van der Waals surface area contributed by atoms with E-state index in [1.165, 1.54) is 0 Å². The quantitative estimate of drug-likeness (QED) is 0.749. The highest BCUT2D eigenvalue weighted by Crippen LogP contribution is 2.21. The summed E-state index contributed by atoms with van der Waals surface area (Å²) in [6.45, 7) is 0.595. The van der Waals surface area contributed by atoms with Crippen LogP contribution in [0.4, 0.5) is 5.69 Å². The van der Waals surface area contributed by atoms with E-state index in [1.807, 2.05) is 24.3 Å². The molecule has 0 heterocycles. The molecule has 0 spiro atoms. The second-order valence-electron chi connectivity index (χ2n) is 4.15. The van der Waals surface area contributed by atoms with Crippen molar-refractivity contribution in [2.75, 3.05) is 32.3 Å². The number of ether oxygens (including phenoxy) is 1. The fourth-order valence-corrected chi connectivity index (χ4v) is 1.85. The normalized spacial score (nSPS) is 10.4. The number of benzene rings is 1. The summed E-state index contributed by atoms with van der Waals surface area (Å²) in [5.41, 5.74) is 2.04. The number of aliphatic hydroxyl groups is 1. The Morgan fingerprint density at radius 1 is 1.39 bits per heavy atom. The van der Waals surface area contributed by atoms with Gasteiger partial charge >= 0.3 is 0 Å². The van der Waals surface area contributed by atoms with Crippen molar-refractivity contribution in [1.29, 1.82) is 0 Å². The molecule has 0 fully saturated rings. The molecule has 4 nitrogen and oxygen atoms in total. The monoisotopic (exact) mass is 251 g/mol. The number of aryl methyl sites for hydroxylation is 1. The number of rotatable bonds is 7. The van der Waals surface area contributed by atoms with Crippen LogP contribution in [-0.2, 0) is 16.0 Å². The molecule has 0 unspecified atom stereocenters. The van der Waals surface area contributed by atoms with Crippen molar-refractivity contribution in [3.63, 3.8) is 0 Å². The van der Waals surface area contributed by atoms with Gasteiger partial charge in [-0.2, -0.15) is 0 Å². The molecule has 0 atom stereocenters. The number of para-hydroxylation sites is 1. The van der Waals surface area contributed by atoms with Gasteiger partial charge in [-0.25, -0.2) is 0 Å². The number of amides is 1. The Hall–Kier alpha value is -1.39. The summed E-state index contributed by atoms with van der Waals surface area (Å²) < 4.78 is 5.04. The van der Waals surface area contributed by atoms with E-state index >= 15 is 0 Å². The van der Waals surface area contributed by atoms with E-state index in [0.717, 1.165) is 24.1 Å². The van der Waals surface area contributed by atoms with Gasteiger partial charge in [0.2, 0.25) is 5.91 Å². The molecule has 1 N–H and O–H groups in total. The molecule has 1 rings (SSSR count). The number of anilines is 1. The molecule has 18 heavy (non-hydrogen) atoms. The number of carbonyl (C=O) groups is 1. The van der Waals surface area contributed by atoms with Gasteiger partial charge in [0.25, 0.3) is 0 Å². The lowest BCUT2D eigenvalue weighted by atomic mass is 10.1. The highest BCUT2D eigenvalue weighted by Gasteiger charge is 2.13. The Kier molecular flexibility index (Phi) is 6.39. The van der Waals surface area contributed by atoms with Crippen LogP contribution in [0.2, 0.25) is 0 Å². The lowest BCUT2D eigenvalue weighted by molar-refractivity contribution is -0.118. The van der Waals surface area contributed by atoms with E-state index in [-0.39, 0.29) is 18.9 Å². The van der Waals surface area contributed by atoms with Crippen LogP contribution in [0, 0.1) is 0 Å². The summed E-state index contributed by atoms with van der Waals surface area (Å²) in [6, 6.07) is 7.83. The van der Waals surface area contributed by atoms with Crippen molar-refractivity contribution < 1.29 is 14.6 Å². The van der Waals surface area contributed by atoms with Crippen molar-refractivity contribution in [3.05, 3.63) is 29.8 Å². The SMILES string of the molecule is COCCCc1ccccc1N(C)C(=O)CCO. The van der Waals surface area contributed by atoms with Crippen molar-refractivity contribution in [2.45, 2.75) is 19.3 Å². The molecule has 0 aliphatic heterocycles. The van der Waals surface area contributed by atoms with Gasteiger partial charge in [0, 0.05) is 26.5 Å². The zero-order chi connectivity index (χ0) is 13.4. The number of nitrogens with zero attached hydrogens (tertiary/aromatic N) is 1. The maximum Gasteiger partial charge on any atom is 0.229 e. The molecule has 0 saturated carbocycles. The summed E-state index contributed by atoms with van der Waals surface area (Å²) in [5.74, 6) is -0.0725. The molecule has 0 saturated heterocycles. The van der Waals surface area contributed by atoms with Crippen LogP contribution >= 0.6 is 0 Å². The van der Waals surface area contributed by atoms with Crippen LogP contribution in [0.15, 0.2) is 24.3 Å². The van der Waals surface area contributed by atoms with Crippen LogP contribution in [0.3, 0.4) is 0 Å². The lowest BCUT2D eigenvalue weighted by Crippen LogP contribution is -2.27. The number of hydrogen-bond donors (Lipinski definition) is 1. The minimum atomic E-state index is -0.116. The summed E-state index contributed by atoms with van der Waals surface area (Å²) in [6.07, 6.45) is 1.96. The van der Waals surface area contributed by atoms with E-state index in [1.54, 1.807) is 19.1 Å². The fraction of sp³-hybridized carbons (Fsp3) is 0.500. The molecule has 1 amide bonds. The van der Waals surface area contributed by atoms with E-state index < -0.39 is 0 Å². The van der Waals surface area contributed by atoms with Gasteiger partial charge in [-0.05, 0) is 24.5 Å². The molecule has 0 radical (unpaired) electrons. The maximum atomic E-state index is 11.8. The van der Waals surface area contributed by atoms with Gasteiger partial charge in [0.05, 0.1) is 13.0 Å². The summed E-state index contributed by atoms with van der Waals surface area (Å²) in [4.78, 5) is 13.4. The molecule has 0 aliphatic carbocycles. The molecule has 0 aliphatic rings. The molecular formula is C14H21NO3. The number of carbonyl (C=O) groups excluding carboxylic acids is 1. The zero-order valence-corrected chi connectivity index (χ0v) is 11.1. The van der Waals surface area contributed by atoms with E-state index in [2.05, 4.69) is 0 Å². The third kappa shape index (κ3) is 4.13. The molecule has 100 valence electrons. The predicted molar refractivity (Wildman–Crippen MR) is 71.8 cm³/mol. The average molecular weight is 251 g/mol. The minimum Gasteiger partial charge on any atom is -0.396 e. The zero-order valence-electron chi connectivity index (χ0n) is 11.1. The first kappa shape index (κ1) is 14.7. The maximum absolute atomic E-state index is 11.8. The number of aliphatic hydroxyl groups excluding tert-OH is 1. The fourth-order valence-electron chi connectivity index (χ4n) is 1.85. The highest BCUT2D eigenvalue weighted by atomic mass is 16.5. The first-order valence-corrected chi connectivity index (χ1v) is 6.15. The second kappa shape index (κ2) is 7.84. The third-order valence-corrected chi connectivity index (χ3v) is 2.85. The van der Waals surface area contributed by atoms with Gasteiger partial charge < -0.3 is 14.7 Å². The minimum absolute atomic E-state index is 0.0725. The topological polar surface area (TPSA) is 49.8 Å². The van der Waals surface area contributed by atoms with Crippen LogP contribution in [0.1, 0.15) is 18.4 Å². The van der Waals surface area contributed by atoms with Crippen molar-refractivity contribution in [2.24, 2.45) is 0 Å². The molecule has 0 bridgehead atoms. The Labute approximate surface area is 108 Å². The van der Waals surface area contributed by atoms with Gasteiger partial charge in [-0.1, -0.05) is 18.2 Å². The standard InChI is InChI=1S/C14H21NO3/c1-15(14(17)9-10-16)13-8-4-3-6-12(13)7-5-11-18-2/h3-4,6,8,16H,5,7,9-11H2,1-2H3. The van der Waals surface area contributed by atoms with Crippen LogP contribution < -0.4 is 4.90 Å². The second-order valence-corrected chi connectivity index (χ2v) is 4.15. The largest absolute Gasteiger partial charge is 0.396 e. The third-order valence-electron chi connectivity index (χ3n) is 2.85. The van der Waals surface area contributed by atoms with E-state index in [9.17, 15) is 4.79 Å². The van der Waals surface area contributed by atoms with Gasteiger partial charge in [0.15, 0.2) is 0 Å². The lowest BCUT2D eigenvalue weighted by Gasteiger charge is -2.20. The van der Waals surface area contributed by atoms with E-state index in [4.69, 9.17) is 9.84 Å². The molecule has 1 aromatic carbocycles. The molecular weight excluding hydrogens is 230 g/mol. The molecule has 1 aromatic rings. The van der Waals surface area contributed by atoms with Crippen molar-refractivity contribution >= 4 is 11.6 Å². The van der Waals surface area contributed by atoms with Crippen LogP contribution in [-0.4, -0.2) is 38.4 Å². The van der Waals surface area contributed by atoms with Gasteiger partial charge in [-0.3, -0.25) is 4.79 Å². The Bertz CT molecular complexity index is 379. The molecule has 4 heteroatoms. The number of methoxy groups -OCH3 is 1. The predicted octanol–water partition coefficient (Wildman–Crippen LogP) is 1.61. The summed E-state index contributed by atoms with van der Waals surface area (Å²) >= 11 is 0. The average Bonchev–Trinajstić information content (AvgIpc) is 2.39. The highest BCUT2D eigenvalue weighted by molar-refractivity contribution is 5.93. The van der Waals surface area contributed by atoms with E-state index in [0.29, 0.717) is 6.61 Å². The Morgan fingerprint density at radius 3 is 2.78 bits per heavy atom.